The molecule has 43 heavy (non-hydrogen) atoms. The van der Waals surface area contributed by atoms with Crippen LogP contribution in [0.4, 0.5) is 5.69 Å². The number of carbonyl (C=O) groups is 1. The van der Waals surface area contributed by atoms with E-state index in [-0.39, 0.29) is 11.5 Å². The highest BCUT2D eigenvalue weighted by Gasteiger charge is 2.32. The highest BCUT2D eigenvalue weighted by molar-refractivity contribution is 7.07. The van der Waals surface area contributed by atoms with Gasteiger partial charge in [0.15, 0.2) is 4.80 Å². The number of ether oxygens (including phenoxy) is 1. The molecule has 9 heteroatoms. The summed E-state index contributed by atoms with van der Waals surface area (Å²) in [5.74, 6) is 0.295. The number of nitrogens with zero attached hydrogens (tertiary/aromatic N) is 2. The summed E-state index contributed by atoms with van der Waals surface area (Å²) in [6.45, 7) is 2.11. The molecule has 0 spiro atoms. The first-order chi connectivity index (χ1) is 20.9. The predicted molar refractivity (Wildman–Crippen MR) is 173 cm³/mol. The number of hydrogen-bond acceptors (Lipinski definition) is 5. The third-order valence-electron chi connectivity index (χ3n) is 6.97. The number of thiazole rings is 1. The normalized spacial score (nSPS) is 14.7. The van der Waals surface area contributed by atoms with Crippen LogP contribution >= 0.6 is 34.5 Å². The predicted octanol–water partition coefficient (Wildman–Crippen LogP) is 6.76. The lowest BCUT2D eigenvalue weighted by molar-refractivity contribution is -0.113. The van der Waals surface area contributed by atoms with Crippen LogP contribution in [0.1, 0.15) is 29.7 Å². The zero-order valence-electron chi connectivity index (χ0n) is 23.0. The van der Waals surface area contributed by atoms with Gasteiger partial charge in [-0.15, -0.1) is 0 Å². The van der Waals surface area contributed by atoms with Gasteiger partial charge in [0.1, 0.15) is 12.4 Å². The maximum atomic E-state index is 14.1. The molecule has 5 aromatic rings. The minimum absolute atomic E-state index is 0.258. The van der Waals surface area contributed by atoms with Crippen molar-refractivity contribution in [2.75, 3.05) is 5.32 Å². The Hall–Kier alpha value is -4.43. The second kappa shape index (κ2) is 12.4. The van der Waals surface area contributed by atoms with E-state index in [9.17, 15) is 9.59 Å². The Morgan fingerprint density at radius 2 is 1.70 bits per heavy atom. The van der Waals surface area contributed by atoms with Gasteiger partial charge in [-0.2, -0.15) is 0 Å². The Morgan fingerprint density at radius 1 is 0.953 bits per heavy atom. The molecule has 6 nitrogen and oxygen atoms in total. The summed E-state index contributed by atoms with van der Waals surface area (Å²) >= 11 is 13.6. The van der Waals surface area contributed by atoms with Gasteiger partial charge < -0.3 is 10.1 Å². The summed E-state index contributed by atoms with van der Waals surface area (Å²) in [6.07, 6.45) is 1.80. The molecule has 0 unspecified atom stereocenters. The van der Waals surface area contributed by atoms with Gasteiger partial charge in [-0.1, -0.05) is 95.2 Å². The number of benzene rings is 4. The van der Waals surface area contributed by atoms with E-state index >= 15 is 0 Å². The molecule has 2 heterocycles. The zero-order chi connectivity index (χ0) is 29.9. The first-order valence-electron chi connectivity index (χ1n) is 13.5. The average molecular weight is 627 g/mol. The van der Waals surface area contributed by atoms with E-state index in [1.54, 1.807) is 29.7 Å². The summed E-state index contributed by atoms with van der Waals surface area (Å²) in [5.41, 5.74) is 3.73. The molecule has 1 atom stereocenters. The van der Waals surface area contributed by atoms with Crippen molar-refractivity contribution in [1.29, 1.82) is 0 Å². The van der Waals surface area contributed by atoms with Crippen molar-refractivity contribution in [3.05, 3.63) is 161 Å². The van der Waals surface area contributed by atoms with E-state index in [0.29, 0.717) is 48.7 Å². The van der Waals surface area contributed by atoms with Crippen molar-refractivity contribution in [3.8, 4) is 5.75 Å². The molecular formula is C34H25Cl2N3O3S. The van der Waals surface area contributed by atoms with Gasteiger partial charge in [0.2, 0.25) is 0 Å². The first-order valence-corrected chi connectivity index (χ1v) is 15.1. The van der Waals surface area contributed by atoms with Crippen LogP contribution in [-0.4, -0.2) is 10.5 Å². The zero-order valence-corrected chi connectivity index (χ0v) is 25.3. The molecule has 1 amide bonds. The summed E-state index contributed by atoms with van der Waals surface area (Å²) < 4.78 is 8.18. The number of carbonyl (C=O) groups excluding carboxylic acids is 1. The Morgan fingerprint density at radius 3 is 2.47 bits per heavy atom. The van der Waals surface area contributed by atoms with Crippen molar-refractivity contribution in [2.24, 2.45) is 4.99 Å². The third kappa shape index (κ3) is 6.20. The second-order valence-corrected chi connectivity index (χ2v) is 11.8. The van der Waals surface area contributed by atoms with Crippen LogP contribution in [0, 0.1) is 0 Å². The quantitative estimate of drug-likeness (QED) is 0.217. The smallest absolute Gasteiger partial charge is 0.271 e. The van der Waals surface area contributed by atoms with E-state index in [4.69, 9.17) is 32.9 Å². The molecule has 0 fully saturated rings. The largest absolute Gasteiger partial charge is 0.488 e. The molecule has 1 aliphatic heterocycles. The van der Waals surface area contributed by atoms with E-state index < -0.39 is 6.04 Å². The highest BCUT2D eigenvalue weighted by atomic mass is 35.5. The number of anilines is 1. The molecular weight excluding hydrogens is 601 g/mol. The topological polar surface area (TPSA) is 72.7 Å². The minimum Gasteiger partial charge on any atom is -0.488 e. The van der Waals surface area contributed by atoms with E-state index in [0.717, 1.165) is 16.7 Å². The molecule has 0 radical (unpaired) electrons. The molecule has 1 N–H and O–H groups in total. The molecule has 0 aliphatic carbocycles. The van der Waals surface area contributed by atoms with Gasteiger partial charge in [0.05, 0.1) is 21.8 Å². The fraction of sp³-hybridized carbons (Fsp3) is 0.0882. The van der Waals surface area contributed by atoms with Crippen LogP contribution in [0.15, 0.2) is 124 Å². The number of nitrogens with one attached hydrogen (secondary N) is 1. The summed E-state index contributed by atoms with van der Waals surface area (Å²) in [7, 11) is 0. The van der Waals surface area contributed by atoms with E-state index in [2.05, 4.69) is 5.32 Å². The molecule has 6 rings (SSSR count). The number of para-hydroxylation sites is 2. The summed E-state index contributed by atoms with van der Waals surface area (Å²) in [5, 5.41) is 4.15. The van der Waals surface area contributed by atoms with Crippen LogP contribution in [0.2, 0.25) is 10.0 Å². The van der Waals surface area contributed by atoms with Gasteiger partial charge in [-0.25, -0.2) is 4.99 Å². The number of rotatable bonds is 7. The maximum absolute atomic E-state index is 14.1. The van der Waals surface area contributed by atoms with Gasteiger partial charge in [0, 0.05) is 21.3 Å². The molecule has 0 bridgehead atoms. The van der Waals surface area contributed by atoms with Crippen molar-refractivity contribution >= 4 is 52.2 Å². The molecule has 0 saturated heterocycles. The van der Waals surface area contributed by atoms with Crippen molar-refractivity contribution in [3.63, 3.8) is 0 Å². The van der Waals surface area contributed by atoms with Crippen molar-refractivity contribution < 1.29 is 9.53 Å². The number of amides is 1. The Bertz CT molecular complexity index is 2030. The van der Waals surface area contributed by atoms with E-state index in [1.807, 2.05) is 91.0 Å². The molecule has 0 saturated carbocycles. The Balaban J connectivity index is 1.42. The number of allylic oxidation sites excluding steroid dienone is 1. The average Bonchev–Trinajstić information content (AvgIpc) is 3.30. The standard InChI is InChI=1S/C34H25Cl2N3O3S/c1-21-30(32(40)38-27-11-3-2-4-12-27)31(23-14-16-25(35)17-15-23)39-33(41)29(43-34(39)37-21)19-24-9-5-6-13-28(24)42-20-22-8-7-10-26(36)18-22/h2-19,31H,20H2,1H3,(H,38,40)/b29-19-/t31-/m0/s1. The minimum atomic E-state index is -0.700. The molecule has 1 aromatic heterocycles. The summed E-state index contributed by atoms with van der Waals surface area (Å²) in [4.78, 5) is 33.0. The van der Waals surface area contributed by atoms with Crippen LogP contribution in [0.25, 0.3) is 6.08 Å². The highest BCUT2D eigenvalue weighted by Crippen LogP contribution is 2.31. The fourth-order valence-electron chi connectivity index (χ4n) is 4.95. The third-order valence-corrected chi connectivity index (χ3v) is 8.44. The number of halogens is 2. The van der Waals surface area contributed by atoms with Crippen molar-refractivity contribution in [1.82, 2.24) is 4.57 Å². The number of aromatic nitrogens is 1. The van der Waals surface area contributed by atoms with Gasteiger partial charge in [-0.05, 0) is 66.6 Å². The number of hydrogen-bond donors (Lipinski definition) is 1. The van der Waals surface area contributed by atoms with Crippen molar-refractivity contribution in [2.45, 2.75) is 19.6 Å². The number of fused-ring (bicyclic) bond motifs is 1. The Kier molecular flexibility index (Phi) is 8.29. The molecule has 1 aliphatic rings. The first kappa shape index (κ1) is 28.7. The monoisotopic (exact) mass is 625 g/mol. The lowest BCUT2D eigenvalue weighted by atomic mass is 9.95. The lowest BCUT2D eigenvalue weighted by Gasteiger charge is -2.25. The van der Waals surface area contributed by atoms with E-state index in [1.165, 1.54) is 11.3 Å². The second-order valence-electron chi connectivity index (χ2n) is 9.91. The van der Waals surface area contributed by atoms with Gasteiger partial charge in [0.25, 0.3) is 11.5 Å². The lowest BCUT2D eigenvalue weighted by Crippen LogP contribution is -2.40. The van der Waals surface area contributed by atoms with Gasteiger partial charge >= 0.3 is 0 Å². The summed E-state index contributed by atoms with van der Waals surface area (Å²) in [6, 6.07) is 30.7. The SMILES string of the molecule is CC1=C(C(=O)Nc2ccccc2)[C@H](c2ccc(Cl)cc2)n2c(s/c(=C\c3ccccc3OCc3cccc(Cl)c3)c2=O)=N1. The Labute approximate surface area is 261 Å². The van der Waals surface area contributed by atoms with Crippen LogP contribution < -0.4 is 24.9 Å². The maximum Gasteiger partial charge on any atom is 0.271 e. The van der Waals surface area contributed by atoms with Crippen LogP contribution in [0.3, 0.4) is 0 Å². The van der Waals surface area contributed by atoms with Crippen LogP contribution in [-0.2, 0) is 11.4 Å². The van der Waals surface area contributed by atoms with Gasteiger partial charge in [-0.3, -0.25) is 14.2 Å². The van der Waals surface area contributed by atoms with Crippen LogP contribution in [0.5, 0.6) is 5.75 Å². The molecule has 4 aromatic carbocycles. The molecule has 214 valence electrons. The fourth-order valence-corrected chi connectivity index (χ4v) is 6.33.